The lowest BCUT2D eigenvalue weighted by molar-refractivity contribution is -0.0599. The summed E-state index contributed by atoms with van der Waals surface area (Å²) in [6, 6.07) is 5.53. The predicted octanol–water partition coefficient (Wildman–Crippen LogP) is 3.05. The number of methoxy groups -OCH3 is 3. The Balaban J connectivity index is 2.37. The number of ether oxygens (including phenoxy) is 3. The Bertz CT molecular complexity index is 441. The molecular weight excluding hydrogens is 254 g/mol. The van der Waals surface area contributed by atoms with Gasteiger partial charge in [0.25, 0.3) is 0 Å². The summed E-state index contributed by atoms with van der Waals surface area (Å²) in [5.41, 5.74) is 7.22. The summed E-state index contributed by atoms with van der Waals surface area (Å²) < 4.78 is 16.6. The third kappa shape index (κ3) is 2.76. The van der Waals surface area contributed by atoms with Crippen molar-refractivity contribution in [3.63, 3.8) is 0 Å². The second kappa shape index (κ2) is 6.46. The first-order chi connectivity index (χ1) is 9.66. The minimum atomic E-state index is -0.294. The van der Waals surface area contributed by atoms with Gasteiger partial charge in [-0.15, -0.1) is 0 Å². The van der Waals surface area contributed by atoms with E-state index in [0.717, 1.165) is 42.7 Å². The first-order valence-corrected chi connectivity index (χ1v) is 7.19. The number of hydrogen-bond donors (Lipinski definition) is 1. The van der Waals surface area contributed by atoms with Crippen molar-refractivity contribution >= 4 is 0 Å². The maximum absolute atomic E-state index is 6.55. The zero-order chi connectivity index (χ0) is 14.6. The van der Waals surface area contributed by atoms with Gasteiger partial charge in [-0.2, -0.15) is 0 Å². The predicted molar refractivity (Wildman–Crippen MR) is 79.3 cm³/mol. The monoisotopic (exact) mass is 279 g/mol. The highest BCUT2D eigenvalue weighted by Crippen LogP contribution is 2.43. The number of nitrogens with two attached hydrogens (primary N) is 1. The highest BCUT2D eigenvalue weighted by Gasteiger charge is 2.40. The maximum Gasteiger partial charge on any atom is 0.124 e. The van der Waals surface area contributed by atoms with E-state index < -0.39 is 0 Å². The third-order valence-corrected chi connectivity index (χ3v) is 4.45. The van der Waals surface area contributed by atoms with E-state index in [1.807, 2.05) is 18.2 Å². The molecule has 4 nitrogen and oxygen atoms in total. The van der Waals surface area contributed by atoms with Crippen LogP contribution in [0.1, 0.15) is 43.7 Å². The van der Waals surface area contributed by atoms with Crippen molar-refractivity contribution in [2.24, 2.45) is 5.73 Å². The fourth-order valence-corrected chi connectivity index (χ4v) is 3.16. The van der Waals surface area contributed by atoms with Gasteiger partial charge >= 0.3 is 0 Å². The summed E-state index contributed by atoms with van der Waals surface area (Å²) in [5.74, 6) is 1.58. The number of benzene rings is 1. The number of rotatable bonds is 5. The van der Waals surface area contributed by atoms with Crippen LogP contribution in [0.25, 0.3) is 0 Å². The molecule has 0 radical (unpaired) electrons. The Morgan fingerprint density at radius 1 is 1.05 bits per heavy atom. The lowest BCUT2D eigenvalue weighted by Crippen LogP contribution is -2.44. The van der Waals surface area contributed by atoms with Gasteiger partial charge in [-0.1, -0.05) is 19.3 Å². The summed E-state index contributed by atoms with van der Waals surface area (Å²) in [7, 11) is 5.08. The minimum absolute atomic E-state index is 0.210. The lowest BCUT2D eigenvalue weighted by atomic mass is 9.77. The van der Waals surface area contributed by atoms with Gasteiger partial charge in [0, 0.05) is 12.7 Å². The van der Waals surface area contributed by atoms with Crippen molar-refractivity contribution < 1.29 is 14.2 Å². The normalized spacial score (nSPS) is 19.4. The van der Waals surface area contributed by atoms with Crippen molar-refractivity contribution in [3.8, 4) is 11.5 Å². The molecule has 1 unspecified atom stereocenters. The van der Waals surface area contributed by atoms with E-state index in [2.05, 4.69) is 0 Å². The zero-order valence-corrected chi connectivity index (χ0v) is 12.6. The molecule has 2 rings (SSSR count). The molecule has 20 heavy (non-hydrogen) atoms. The highest BCUT2D eigenvalue weighted by molar-refractivity contribution is 5.43. The molecule has 0 heterocycles. The van der Waals surface area contributed by atoms with E-state index in [1.54, 1.807) is 21.3 Å². The molecule has 0 bridgehead atoms. The molecule has 2 N–H and O–H groups in total. The molecule has 4 heteroatoms. The van der Waals surface area contributed by atoms with E-state index >= 15 is 0 Å². The van der Waals surface area contributed by atoms with Crippen molar-refractivity contribution in [1.29, 1.82) is 0 Å². The van der Waals surface area contributed by atoms with Crippen LogP contribution in [0.4, 0.5) is 0 Å². The molecule has 0 amide bonds. The molecule has 1 aliphatic carbocycles. The van der Waals surface area contributed by atoms with Crippen LogP contribution in [-0.4, -0.2) is 26.9 Å². The van der Waals surface area contributed by atoms with E-state index in [0.29, 0.717) is 0 Å². The molecule has 0 aromatic heterocycles. The average Bonchev–Trinajstić information content (AvgIpc) is 2.54. The average molecular weight is 279 g/mol. The lowest BCUT2D eigenvalue weighted by Gasteiger charge is -2.41. The largest absolute Gasteiger partial charge is 0.497 e. The van der Waals surface area contributed by atoms with Crippen LogP contribution in [0.2, 0.25) is 0 Å². The van der Waals surface area contributed by atoms with Crippen molar-refractivity contribution in [2.75, 3.05) is 21.3 Å². The minimum Gasteiger partial charge on any atom is -0.497 e. The molecule has 1 aromatic rings. The van der Waals surface area contributed by atoms with Crippen LogP contribution >= 0.6 is 0 Å². The van der Waals surface area contributed by atoms with Gasteiger partial charge in [-0.05, 0) is 31.0 Å². The Hall–Kier alpha value is -1.26. The third-order valence-electron chi connectivity index (χ3n) is 4.45. The molecule has 0 saturated heterocycles. The standard InChI is InChI=1S/C16H25NO3/c1-18-12-7-8-14(19-2)13(11-12)15(17)16(20-3)9-5-4-6-10-16/h7-8,11,15H,4-6,9-10,17H2,1-3H3. The van der Waals surface area contributed by atoms with Gasteiger partial charge in [0.05, 0.1) is 25.9 Å². The van der Waals surface area contributed by atoms with E-state index in [1.165, 1.54) is 6.42 Å². The maximum atomic E-state index is 6.55. The summed E-state index contributed by atoms with van der Waals surface area (Å²) >= 11 is 0. The molecule has 1 aliphatic rings. The second-order valence-corrected chi connectivity index (χ2v) is 5.42. The zero-order valence-electron chi connectivity index (χ0n) is 12.6. The van der Waals surface area contributed by atoms with Crippen LogP contribution in [0.3, 0.4) is 0 Å². The van der Waals surface area contributed by atoms with E-state index in [9.17, 15) is 0 Å². The van der Waals surface area contributed by atoms with Crippen LogP contribution < -0.4 is 15.2 Å². The Morgan fingerprint density at radius 2 is 1.75 bits per heavy atom. The van der Waals surface area contributed by atoms with Gasteiger partial charge in [-0.25, -0.2) is 0 Å². The summed E-state index contributed by atoms with van der Waals surface area (Å²) in [4.78, 5) is 0. The fourth-order valence-electron chi connectivity index (χ4n) is 3.16. The Labute approximate surface area is 121 Å². The molecule has 112 valence electrons. The van der Waals surface area contributed by atoms with Gasteiger partial charge in [-0.3, -0.25) is 0 Å². The summed E-state index contributed by atoms with van der Waals surface area (Å²) in [6.45, 7) is 0. The fraction of sp³-hybridized carbons (Fsp3) is 0.625. The quantitative estimate of drug-likeness (QED) is 0.900. The molecule has 0 spiro atoms. The smallest absolute Gasteiger partial charge is 0.124 e. The summed E-state index contributed by atoms with van der Waals surface area (Å²) in [5, 5.41) is 0. The Morgan fingerprint density at radius 3 is 2.30 bits per heavy atom. The highest BCUT2D eigenvalue weighted by atomic mass is 16.5. The first-order valence-electron chi connectivity index (χ1n) is 7.19. The van der Waals surface area contributed by atoms with Gasteiger partial charge in [0.2, 0.25) is 0 Å². The first kappa shape index (κ1) is 15.1. The number of hydrogen-bond acceptors (Lipinski definition) is 4. The molecule has 0 aliphatic heterocycles. The molecule has 1 fully saturated rings. The molecular formula is C16H25NO3. The van der Waals surface area contributed by atoms with Crippen LogP contribution in [0.15, 0.2) is 18.2 Å². The Kier molecular flexibility index (Phi) is 4.89. The molecule has 1 aromatic carbocycles. The van der Waals surface area contributed by atoms with E-state index in [-0.39, 0.29) is 11.6 Å². The van der Waals surface area contributed by atoms with E-state index in [4.69, 9.17) is 19.9 Å². The SMILES string of the molecule is COc1ccc(OC)c(C(N)C2(OC)CCCCC2)c1. The van der Waals surface area contributed by atoms with Crippen molar-refractivity contribution in [3.05, 3.63) is 23.8 Å². The molecule has 1 atom stereocenters. The topological polar surface area (TPSA) is 53.7 Å². The van der Waals surface area contributed by atoms with Crippen molar-refractivity contribution in [1.82, 2.24) is 0 Å². The van der Waals surface area contributed by atoms with Crippen LogP contribution in [0, 0.1) is 0 Å². The van der Waals surface area contributed by atoms with Gasteiger partial charge in [0.1, 0.15) is 11.5 Å². The van der Waals surface area contributed by atoms with Crippen molar-refractivity contribution in [2.45, 2.75) is 43.7 Å². The summed E-state index contributed by atoms with van der Waals surface area (Å²) in [6.07, 6.45) is 5.56. The van der Waals surface area contributed by atoms with Crippen LogP contribution in [-0.2, 0) is 4.74 Å². The van der Waals surface area contributed by atoms with Gasteiger partial charge in [0.15, 0.2) is 0 Å². The van der Waals surface area contributed by atoms with Crippen LogP contribution in [0.5, 0.6) is 11.5 Å². The molecule has 1 saturated carbocycles. The second-order valence-electron chi connectivity index (χ2n) is 5.42. The van der Waals surface area contributed by atoms with Gasteiger partial charge < -0.3 is 19.9 Å².